The molecule has 0 bridgehead atoms. The molecule has 2 aliphatic carbocycles. The Morgan fingerprint density at radius 1 is 0.619 bits per heavy atom. The first-order chi connectivity index (χ1) is 19.3. The van der Waals surface area contributed by atoms with Gasteiger partial charge in [0.25, 0.3) is 0 Å². The molecule has 42 heavy (non-hydrogen) atoms. The van der Waals surface area contributed by atoms with Crippen LogP contribution in [0.5, 0.6) is 0 Å². The molecular weight excluding hydrogens is 631 g/mol. The van der Waals surface area contributed by atoms with E-state index >= 15 is 0 Å². The molecule has 0 N–H and O–H groups in total. The van der Waals surface area contributed by atoms with E-state index in [1.807, 2.05) is 12.2 Å². The summed E-state index contributed by atoms with van der Waals surface area (Å²) < 4.78 is 1.76. The summed E-state index contributed by atoms with van der Waals surface area (Å²) in [5.41, 5.74) is 5.31. The SMILES string of the molecule is CC(C)(c1ccccc1)c1ccc2[cH-]c3ccc(C(C)(C)c4ccccc4)cc3c2c1.[C-]1=CC=CC1.[Cl-].[Cl-].[Zr+2]=[C]1CC1. The van der Waals surface area contributed by atoms with Crippen LogP contribution in [0, 0.1) is 6.08 Å². The molecule has 5 aromatic carbocycles. The van der Waals surface area contributed by atoms with Crippen LogP contribution in [0.1, 0.15) is 69.2 Å². The number of hydrogen-bond donors (Lipinski definition) is 0. The average Bonchev–Trinajstić information content (AvgIpc) is 3.41. The van der Waals surface area contributed by atoms with Crippen molar-refractivity contribution in [2.24, 2.45) is 0 Å². The summed E-state index contributed by atoms with van der Waals surface area (Å²) in [6.07, 6.45) is 12.9. The molecule has 0 saturated heterocycles. The number of hydrogen-bond acceptors (Lipinski definition) is 0. The fourth-order valence-corrected chi connectivity index (χ4v) is 5.53. The number of benzene rings is 4. The quantitative estimate of drug-likeness (QED) is 0.253. The van der Waals surface area contributed by atoms with Crippen molar-refractivity contribution in [3.63, 3.8) is 0 Å². The Kier molecular flexibility index (Phi) is 12.0. The molecule has 0 atom stereocenters. The van der Waals surface area contributed by atoms with Gasteiger partial charge in [0, 0.05) is 10.8 Å². The number of rotatable bonds is 4. The van der Waals surface area contributed by atoms with Gasteiger partial charge in [-0.1, -0.05) is 124 Å². The summed E-state index contributed by atoms with van der Waals surface area (Å²) in [5, 5.41) is 5.33. The molecule has 1 fully saturated rings. The Labute approximate surface area is 279 Å². The van der Waals surface area contributed by atoms with Gasteiger partial charge in [0.15, 0.2) is 0 Å². The summed E-state index contributed by atoms with van der Waals surface area (Å²) in [4.78, 5) is 0. The predicted octanol–water partition coefficient (Wildman–Crippen LogP) is 4.18. The molecule has 0 aliphatic heterocycles. The van der Waals surface area contributed by atoms with Gasteiger partial charge in [0.2, 0.25) is 0 Å². The first kappa shape index (κ1) is 34.1. The maximum absolute atomic E-state index is 2.99. The van der Waals surface area contributed by atoms with E-state index in [4.69, 9.17) is 0 Å². The van der Waals surface area contributed by atoms with Crippen LogP contribution in [0.3, 0.4) is 0 Å². The van der Waals surface area contributed by atoms with Crippen LogP contribution in [-0.2, 0) is 35.1 Å². The van der Waals surface area contributed by atoms with E-state index in [1.54, 1.807) is 27.4 Å². The molecule has 214 valence electrons. The molecule has 0 heterocycles. The van der Waals surface area contributed by atoms with Gasteiger partial charge in [-0.3, -0.25) is 6.08 Å². The van der Waals surface area contributed by atoms with Crippen molar-refractivity contribution in [2.45, 2.75) is 57.8 Å². The van der Waals surface area contributed by atoms with Crippen LogP contribution in [0.25, 0.3) is 21.5 Å². The van der Waals surface area contributed by atoms with Crippen LogP contribution >= 0.6 is 0 Å². The molecule has 0 amide bonds. The minimum atomic E-state index is -0.0417. The maximum atomic E-state index is 2.99. The van der Waals surface area contributed by atoms with Gasteiger partial charge in [-0.25, -0.2) is 12.2 Å². The molecular formula is C39H38Cl2Zr-2. The third-order valence-electron chi connectivity index (χ3n) is 8.23. The number of fused-ring (bicyclic) bond motifs is 3. The Bertz CT molecular complexity index is 1550. The average molecular weight is 669 g/mol. The summed E-state index contributed by atoms with van der Waals surface area (Å²) in [6.45, 7) is 9.27. The monoisotopic (exact) mass is 666 g/mol. The molecule has 0 unspecified atom stereocenters. The molecule has 5 aromatic rings. The predicted molar refractivity (Wildman–Crippen MR) is 170 cm³/mol. The zero-order valence-electron chi connectivity index (χ0n) is 24.9. The second-order valence-corrected chi connectivity index (χ2v) is 13.6. The number of halogens is 2. The first-order valence-electron chi connectivity index (χ1n) is 14.3. The third-order valence-corrected chi connectivity index (χ3v) is 9.46. The third kappa shape index (κ3) is 7.93. The topological polar surface area (TPSA) is 0 Å². The molecule has 0 nitrogen and oxygen atoms in total. The van der Waals surface area contributed by atoms with Crippen LogP contribution in [-0.4, -0.2) is 3.21 Å². The van der Waals surface area contributed by atoms with Gasteiger partial charge in [0.05, 0.1) is 0 Å². The molecule has 0 spiro atoms. The second-order valence-electron chi connectivity index (χ2n) is 11.8. The van der Waals surface area contributed by atoms with E-state index < -0.39 is 0 Å². The van der Waals surface area contributed by atoms with Crippen molar-refractivity contribution in [1.82, 2.24) is 0 Å². The Morgan fingerprint density at radius 3 is 1.36 bits per heavy atom. The molecule has 1 saturated carbocycles. The van der Waals surface area contributed by atoms with E-state index in [1.165, 1.54) is 56.6 Å². The van der Waals surface area contributed by atoms with Crippen molar-refractivity contribution in [3.8, 4) is 0 Å². The van der Waals surface area contributed by atoms with Gasteiger partial charge in [-0.2, -0.15) is 6.08 Å². The van der Waals surface area contributed by atoms with E-state index in [-0.39, 0.29) is 35.6 Å². The normalized spacial score (nSPS) is 13.4. The van der Waals surface area contributed by atoms with E-state index in [9.17, 15) is 0 Å². The number of allylic oxidation sites excluding steroid dienone is 4. The van der Waals surface area contributed by atoms with Gasteiger partial charge in [-0.15, -0.1) is 46.2 Å². The standard InChI is InChI=1S/C31H29.C5H5.C3H4.2ClH.Zr/c1-30(2,24-11-7-5-8-12-24)26-17-15-22-19-23-16-18-27(21-29(23)28(22)20-26)31(3,4)25-13-9-6-10-14-25;1-2-4-5-3-1;1-2-3-1;;;/h5-21H,1-4H3;1-3H,4H2;1-2H2;2*1H;/q2*-1;;;;+2/p-2. The molecule has 3 heteroatoms. The zero-order chi connectivity index (χ0) is 28.2. The summed E-state index contributed by atoms with van der Waals surface area (Å²) in [7, 11) is 0. The molecule has 7 rings (SSSR count). The van der Waals surface area contributed by atoms with Crippen molar-refractivity contribution >= 4 is 24.8 Å². The summed E-state index contributed by atoms with van der Waals surface area (Å²) in [5.74, 6) is 0. The van der Waals surface area contributed by atoms with Crippen molar-refractivity contribution in [3.05, 3.63) is 150 Å². The Morgan fingerprint density at radius 2 is 1.05 bits per heavy atom. The van der Waals surface area contributed by atoms with Crippen molar-refractivity contribution in [2.75, 3.05) is 0 Å². The van der Waals surface area contributed by atoms with Crippen LogP contribution < -0.4 is 24.8 Å². The zero-order valence-corrected chi connectivity index (χ0v) is 28.9. The van der Waals surface area contributed by atoms with Crippen LogP contribution in [0.4, 0.5) is 0 Å². The van der Waals surface area contributed by atoms with Gasteiger partial charge in [0.1, 0.15) is 0 Å². The van der Waals surface area contributed by atoms with Gasteiger partial charge in [-0.05, 0) is 11.1 Å². The van der Waals surface area contributed by atoms with Gasteiger partial charge >= 0.3 is 40.3 Å². The fourth-order valence-electron chi connectivity index (χ4n) is 5.22. The molecule has 0 aromatic heterocycles. The summed E-state index contributed by atoms with van der Waals surface area (Å²) in [6, 6.07) is 37.9. The Balaban J connectivity index is 0.000000376. The fraction of sp³-hybridized carbons (Fsp3) is 0.231. The Hall–Kier alpha value is -2.44. The second kappa shape index (κ2) is 14.8. The summed E-state index contributed by atoms with van der Waals surface area (Å²) >= 11 is 1.66. The van der Waals surface area contributed by atoms with Crippen LogP contribution in [0.15, 0.2) is 121 Å². The van der Waals surface area contributed by atoms with Crippen molar-refractivity contribution < 1.29 is 49.0 Å². The van der Waals surface area contributed by atoms with Gasteiger partial charge < -0.3 is 24.8 Å². The van der Waals surface area contributed by atoms with E-state index in [2.05, 4.69) is 143 Å². The van der Waals surface area contributed by atoms with E-state index in [0.29, 0.717) is 0 Å². The first-order valence-corrected chi connectivity index (χ1v) is 15.5. The molecule has 0 radical (unpaired) electrons. The minimum absolute atomic E-state index is 0. The molecule has 2 aliphatic rings. The van der Waals surface area contributed by atoms with E-state index in [0.717, 1.165) is 6.42 Å². The van der Waals surface area contributed by atoms with Crippen molar-refractivity contribution in [1.29, 1.82) is 0 Å². The van der Waals surface area contributed by atoms with Crippen LogP contribution in [0.2, 0.25) is 0 Å².